The van der Waals surface area contributed by atoms with Crippen molar-refractivity contribution < 1.29 is 18.7 Å². The third-order valence-corrected chi connectivity index (χ3v) is 4.56. The van der Waals surface area contributed by atoms with E-state index in [1.807, 2.05) is 47.8 Å². The van der Waals surface area contributed by atoms with Gasteiger partial charge in [-0.1, -0.05) is 24.3 Å². The number of ether oxygens (including phenoxy) is 1. The van der Waals surface area contributed by atoms with Gasteiger partial charge in [0.15, 0.2) is 11.8 Å². The number of carbonyl (C=O) groups excluding carboxylic acids is 2. The minimum Gasteiger partial charge on any atom is -0.448 e. The zero-order chi connectivity index (χ0) is 18.5. The summed E-state index contributed by atoms with van der Waals surface area (Å²) < 4.78 is 10.8. The molecule has 26 heavy (non-hydrogen) atoms. The molecule has 0 fully saturated rings. The van der Waals surface area contributed by atoms with Crippen LogP contribution < -0.4 is 5.32 Å². The quantitative estimate of drug-likeness (QED) is 0.671. The molecule has 0 saturated carbocycles. The van der Waals surface area contributed by atoms with Crippen LogP contribution in [0.25, 0.3) is 11.5 Å². The number of nitrogens with one attached hydrogen (secondary N) is 1. The maximum Gasteiger partial charge on any atom is 0.361 e. The van der Waals surface area contributed by atoms with Crippen molar-refractivity contribution >= 4 is 23.2 Å². The SMILES string of the molecule is Cc1oc(-c2ccccc2)nc1C(=O)O[C@@H](C)C(=O)NCc1cccs1. The first-order valence-corrected chi connectivity index (χ1v) is 8.96. The molecule has 0 bridgehead atoms. The second-order valence-corrected chi connectivity index (χ2v) is 6.67. The molecule has 0 aliphatic heterocycles. The fourth-order valence-corrected chi connectivity index (χ4v) is 2.94. The first kappa shape index (κ1) is 17.9. The maximum atomic E-state index is 12.3. The average Bonchev–Trinajstić information content (AvgIpc) is 3.29. The number of aryl methyl sites for hydroxylation is 1. The number of amides is 1. The highest BCUT2D eigenvalue weighted by atomic mass is 32.1. The lowest BCUT2D eigenvalue weighted by molar-refractivity contribution is -0.129. The molecule has 0 spiro atoms. The van der Waals surface area contributed by atoms with Gasteiger partial charge in [0.2, 0.25) is 5.89 Å². The third kappa shape index (κ3) is 4.18. The summed E-state index contributed by atoms with van der Waals surface area (Å²) >= 11 is 1.55. The summed E-state index contributed by atoms with van der Waals surface area (Å²) in [6.45, 7) is 3.56. The standard InChI is InChI=1S/C19H18N2O4S/c1-12-16(21-18(24-12)14-7-4-3-5-8-14)19(23)25-13(2)17(22)20-11-15-9-6-10-26-15/h3-10,13H,11H2,1-2H3,(H,20,22)/t13-/m0/s1. The zero-order valence-electron chi connectivity index (χ0n) is 14.4. The summed E-state index contributed by atoms with van der Waals surface area (Å²) in [5.74, 6) is -0.367. The van der Waals surface area contributed by atoms with Crippen molar-refractivity contribution in [2.75, 3.05) is 0 Å². The van der Waals surface area contributed by atoms with Gasteiger partial charge in [0.1, 0.15) is 5.76 Å². The Morgan fingerprint density at radius 1 is 1.23 bits per heavy atom. The Bertz CT molecular complexity index is 888. The highest BCUT2D eigenvalue weighted by Gasteiger charge is 2.24. The average molecular weight is 370 g/mol. The summed E-state index contributed by atoms with van der Waals surface area (Å²) in [4.78, 5) is 29.7. The molecule has 0 radical (unpaired) electrons. The largest absolute Gasteiger partial charge is 0.448 e. The highest BCUT2D eigenvalue weighted by molar-refractivity contribution is 7.09. The molecule has 1 aromatic carbocycles. The Balaban J connectivity index is 1.62. The lowest BCUT2D eigenvalue weighted by atomic mass is 10.2. The van der Waals surface area contributed by atoms with Crippen molar-refractivity contribution in [2.45, 2.75) is 26.5 Å². The van der Waals surface area contributed by atoms with Gasteiger partial charge in [-0.2, -0.15) is 0 Å². The smallest absolute Gasteiger partial charge is 0.361 e. The van der Waals surface area contributed by atoms with Crippen LogP contribution in [0.2, 0.25) is 0 Å². The van der Waals surface area contributed by atoms with E-state index in [9.17, 15) is 9.59 Å². The Morgan fingerprint density at radius 2 is 2.00 bits per heavy atom. The Morgan fingerprint density at radius 3 is 2.69 bits per heavy atom. The Hall–Kier alpha value is -2.93. The summed E-state index contributed by atoms with van der Waals surface area (Å²) in [5, 5.41) is 4.67. The van der Waals surface area contributed by atoms with Gasteiger partial charge in [-0.15, -0.1) is 11.3 Å². The molecule has 3 aromatic rings. The predicted molar refractivity (Wildman–Crippen MR) is 97.7 cm³/mol. The molecule has 1 amide bonds. The molecule has 1 atom stereocenters. The lowest BCUT2D eigenvalue weighted by Crippen LogP contribution is -2.35. The third-order valence-electron chi connectivity index (χ3n) is 3.68. The summed E-state index contributed by atoms with van der Waals surface area (Å²) in [5.41, 5.74) is 0.832. The molecule has 7 heteroatoms. The molecule has 0 aliphatic rings. The maximum absolute atomic E-state index is 12.3. The number of thiophene rings is 1. The number of carbonyl (C=O) groups is 2. The summed E-state index contributed by atoms with van der Waals surface area (Å²) in [6, 6.07) is 13.1. The van der Waals surface area contributed by atoms with E-state index in [0.717, 1.165) is 10.4 Å². The predicted octanol–water partition coefficient (Wildman–Crippen LogP) is 3.57. The van der Waals surface area contributed by atoms with Crippen LogP contribution >= 0.6 is 11.3 Å². The number of nitrogens with zero attached hydrogens (tertiary/aromatic N) is 1. The minimum atomic E-state index is -0.932. The van der Waals surface area contributed by atoms with Gasteiger partial charge >= 0.3 is 5.97 Å². The number of oxazole rings is 1. The van der Waals surface area contributed by atoms with Crippen LogP contribution in [-0.2, 0) is 16.1 Å². The fourth-order valence-electron chi connectivity index (χ4n) is 2.29. The Labute approximate surface area is 154 Å². The van der Waals surface area contributed by atoms with E-state index in [1.165, 1.54) is 6.92 Å². The van der Waals surface area contributed by atoms with Crippen molar-refractivity contribution in [1.29, 1.82) is 0 Å². The van der Waals surface area contributed by atoms with Gasteiger partial charge in [-0.25, -0.2) is 9.78 Å². The van der Waals surface area contributed by atoms with Crippen LogP contribution in [0.4, 0.5) is 0 Å². The molecule has 2 heterocycles. The molecular formula is C19H18N2O4S. The molecule has 6 nitrogen and oxygen atoms in total. The van der Waals surface area contributed by atoms with Crippen molar-refractivity contribution in [2.24, 2.45) is 0 Å². The van der Waals surface area contributed by atoms with Gasteiger partial charge in [-0.05, 0) is 37.4 Å². The minimum absolute atomic E-state index is 0.0711. The topological polar surface area (TPSA) is 81.4 Å². The van der Waals surface area contributed by atoms with Gasteiger partial charge in [0.25, 0.3) is 5.91 Å². The van der Waals surface area contributed by atoms with Gasteiger partial charge < -0.3 is 14.5 Å². The molecule has 1 N–H and O–H groups in total. The van der Waals surface area contributed by atoms with Crippen LogP contribution in [-0.4, -0.2) is 23.0 Å². The number of benzene rings is 1. The van der Waals surface area contributed by atoms with Crippen molar-refractivity contribution in [3.05, 3.63) is 64.2 Å². The van der Waals surface area contributed by atoms with Crippen molar-refractivity contribution in [3.63, 3.8) is 0 Å². The summed E-state index contributed by atoms with van der Waals surface area (Å²) in [7, 11) is 0. The first-order valence-electron chi connectivity index (χ1n) is 8.08. The van der Waals surface area contributed by atoms with E-state index < -0.39 is 12.1 Å². The van der Waals surface area contributed by atoms with Gasteiger partial charge in [0, 0.05) is 10.4 Å². The van der Waals surface area contributed by atoms with E-state index >= 15 is 0 Å². The van der Waals surface area contributed by atoms with Crippen LogP contribution in [0.5, 0.6) is 0 Å². The van der Waals surface area contributed by atoms with Crippen molar-refractivity contribution in [1.82, 2.24) is 10.3 Å². The molecule has 0 saturated heterocycles. The molecular weight excluding hydrogens is 352 g/mol. The highest BCUT2D eigenvalue weighted by Crippen LogP contribution is 2.22. The molecule has 0 aliphatic carbocycles. The normalized spacial score (nSPS) is 11.8. The van der Waals surface area contributed by atoms with Crippen LogP contribution in [0.15, 0.2) is 52.3 Å². The van der Waals surface area contributed by atoms with Gasteiger partial charge in [0.05, 0.1) is 6.54 Å². The van der Waals surface area contributed by atoms with E-state index in [1.54, 1.807) is 18.3 Å². The Kier molecular flexibility index (Phi) is 5.48. The van der Waals surface area contributed by atoms with Crippen LogP contribution in [0.3, 0.4) is 0 Å². The summed E-state index contributed by atoms with van der Waals surface area (Å²) in [6.07, 6.45) is -0.932. The van der Waals surface area contributed by atoms with E-state index in [2.05, 4.69) is 10.3 Å². The van der Waals surface area contributed by atoms with Crippen LogP contribution in [0, 0.1) is 6.92 Å². The fraction of sp³-hybridized carbons (Fsp3) is 0.211. The number of rotatable bonds is 6. The van der Waals surface area contributed by atoms with Crippen molar-refractivity contribution in [3.8, 4) is 11.5 Å². The first-order chi connectivity index (χ1) is 12.5. The molecule has 3 rings (SSSR count). The van der Waals surface area contributed by atoms with E-state index in [4.69, 9.17) is 9.15 Å². The van der Waals surface area contributed by atoms with E-state index in [-0.39, 0.29) is 11.6 Å². The molecule has 2 aromatic heterocycles. The second kappa shape index (κ2) is 7.97. The van der Waals surface area contributed by atoms with E-state index in [0.29, 0.717) is 18.2 Å². The monoisotopic (exact) mass is 370 g/mol. The number of esters is 1. The second-order valence-electron chi connectivity index (χ2n) is 5.63. The zero-order valence-corrected chi connectivity index (χ0v) is 15.2. The number of aromatic nitrogens is 1. The molecule has 134 valence electrons. The number of hydrogen-bond acceptors (Lipinski definition) is 6. The number of hydrogen-bond donors (Lipinski definition) is 1. The van der Waals surface area contributed by atoms with Crippen LogP contribution in [0.1, 0.15) is 28.0 Å². The lowest BCUT2D eigenvalue weighted by Gasteiger charge is -2.12. The molecule has 0 unspecified atom stereocenters. The van der Waals surface area contributed by atoms with Gasteiger partial charge in [-0.3, -0.25) is 4.79 Å².